The van der Waals surface area contributed by atoms with Crippen molar-refractivity contribution < 1.29 is 4.74 Å². The summed E-state index contributed by atoms with van der Waals surface area (Å²) in [5.41, 5.74) is 7.76. The van der Waals surface area contributed by atoms with Gasteiger partial charge in [-0.15, -0.1) is 0 Å². The Balaban J connectivity index is 2.14. The van der Waals surface area contributed by atoms with Gasteiger partial charge in [0.2, 0.25) is 0 Å². The highest BCUT2D eigenvalue weighted by atomic mass is 16.5. The molecular weight excluding hydrogens is 214 g/mol. The van der Waals surface area contributed by atoms with Gasteiger partial charge in [0.15, 0.2) is 0 Å². The first-order chi connectivity index (χ1) is 8.11. The molecule has 2 unspecified atom stereocenters. The lowest BCUT2D eigenvalue weighted by molar-refractivity contribution is 0.0496. The first-order valence-corrected chi connectivity index (χ1v) is 6.11. The van der Waals surface area contributed by atoms with Crippen LogP contribution in [0.3, 0.4) is 0 Å². The van der Waals surface area contributed by atoms with Crippen LogP contribution >= 0.6 is 0 Å². The van der Waals surface area contributed by atoms with Gasteiger partial charge in [-0.1, -0.05) is 6.92 Å². The van der Waals surface area contributed by atoms with Crippen molar-refractivity contribution in [1.82, 2.24) is 4.98 Å². The lowest BCUT2D eigenvalue weighted by atomic mass is 9.96. The van der Waals surface area contributed by atoms with E-state index in [1.165, 1.54) is 0 Å². The Morgan fingerprint density at radius 1 is 1.53 bits per heavy atom. The molecule has 1 aliphatic rings. The Labute approximate surface area is 103 Å². The molecule has 1 aliphatic heterocycles. The second kappa shape index (κ2) is 4.92. The van der Waals surface area contributed by atoms with Gasteiger partial charge in [-0.3, -0.25) is 0 Å². The molecule has 4 nitrogen and oxygen atoms in total. The third-order valence-corrected chi connectivity index (χ3v) is 3.65. The van der Waals surface area contributed by atoms with Gasteiger partial charge in [0, 0.05) is 38.1 Å². The molecule has 2 rings (SSSR count). The van der Waals surface area contributed by atoms with E-state index < -0.39 is 0 Å². The van der Waals surface area contributed by atoms with E-state index in [4.69, 9.17) is 10.5 Å². The molecule has 0 aromatic carbocycles. The lowest BCUT2D eigenvalue weighted by Crippen LogP contribution is -2.44. The van der Waals surface area contributed by atoms with Crippen LogP contribution in [0, 0.1) is 12.8 Å². The Morgan fingerprint density at radius 3 is 2.94 bits per heavy atom. The Hall–Kier alpha value is -1.29. The molecule has 1 saturated heterocycles. The van der Waals surface area contributed by atoms with Crippen LogP contribution in [0.5, 0.6) is 0 Å². The van der Waals surface area contributed by atoms with Crippen LogP contribution in [0.15, 0.2) is 12.3 Å². The maximum absolute atomic E-state index is 5.92. The fourth-order valence-electron chi connectivity index (χ4n) is 2.25. The average Bonchev–Trinajstić information content (AvgIpc) is 2.33. The second-order valence-corrected chi connectivity index (χ2v) is 4.89. The fraction of sp³-hybridized carbons (Fsp3) is 0.615. The normalized spacial score (nSPS) is 25.0. The molecule has 0 saturated carbocycles. The zero-order valence-corrected chi connectivity index (χ0v) is 10.8. The van der Waals surface area contributed by atoms with Crippen molar-refractivity contribution in [3.8, 4) is 0 Å². The molecule has 2 heterocycles. The van der Waals surface area contributed by atoms with Crippen LogP contribution in [0.25, 0.3) is 0 Å². The molecule has 94 valence electrons. The minimum atomic E-state index is 0.285. The van der Waals surface area contributed by atoms with Gasteiger partial charge >= 0.3 is 0 Å². The molecule has 17 heavy (non-hydrogen) atoms. The van der Waals surface area contributed by atoms with E-state index in [0.717, 1.165) is 36.6 Å². The molecular formula is C13H21N3O. The van der Waals surface area contributed by atoms with Crippen molar-refractivity contribution in [1.29, 1.82) is 0 Å². The standard InChI is InChI=1S/C13H21N3O/c1-9-4-5-16(8-12(9)17-3)13-6-11(14)10(2)7-15-13/h6-7,9,12H,4-5,8H2,1-3H3,(H2,14,15). The van der Waals surface area contributed by atoms with E-state index in [9.17, 15) is 0 Å². The van der Waals surface area contributed by atoms with Gasteiger partial charge in [-0.25, -0.2) is 4.98 Å². The molecule has 0 amide bonds. The van der Waals surface area contributed by atoms with Crippen molar-refractivity contribution in [2.45, 2.75) is 26.4 Å². The molecule has 0 spiro atoms. The van der Waals surface area contributed by atoms with Crippen LogP contribution in [0.1, 0.15) is 18.9 Å². The average molecular weight is 235 g/mol. The Morgan fingerprint density at radius 2 is 2.29 bits per heavy atom. The Bertz CT molecular complexity index is 394. The highest BCUT2D eigenvalue weighted by molar-refractivity contribution is 5.54. The van der Waals surface area contributed by atoms with Crippen molar-refractivity contribution in [2.75, 3.05) is 30.8 Å². The lowest BCUT2D eigenvalue weighted by Gasteiger charge is -2.37. The summed E-state index contributed by atoms with van der Waals surface area (Å²) in [6, 6.07) is 1.96. The smallest absolute Gasteiger partial charge is 0.130 e. The highest BCUT2D eigenvalue weighted by Crippen LogP contribution is 2.25. The number of nitrogens with two attached hydrogens (primary N) is 1. The number of nitrogen functional groups attached to an aromatic ring is 1. The van der Waals surface area contributed by atoms with Gasteiger partial charge in [0.25, 0.3) is 0 Å². The summed E-state index contributed by atoms with van der Waals surface area (Å²) in [6.45, 7) is 6.13. The molecule has 2 atom stereocenters. The molecule has 0 aliphatic carbocycles. The SMILES string of the molecule is COC1CN(c2cc(N)c(C)cn2)CCC1C. The number of aryl methyl sites for hydroxylation is 1. The molecule has 0 bridgehead atoms. The number of pyridine rings is 1. The summed E-state index contributed by atoms with van der Waals surface area (Å²) in [4.78, 5) is 6.70. The maximum atomic E-state index is 5.92. The number of ether oxygens (including phenoxy) is 1. The van der Waals surface area contributed by atoms with E-state index >= 15 is 0 Å². The largest absolute Gasteiger partial charge is 0.398 e. The van der Waals surface area contributed by atoms with Crippen molar-refractivity contribution in [3.63, 3.8) is 0 Å². The van der Waals surface area contributed by atoms with Gasteiger partial charge in [-0.05, 0) is 24.8 Å². The van der Waals surface area contributed by atoms with E-state index in [2.05, 4.69) is 16.8 Å². The minimum absolute atomic E-state index is 0.285. The number of hydrogen-bond donors (Lipinski definition) is 1. The third-order valence-electron chi connectivity index (χ3n) is 3.65. The van der Waals surface area contributed by atoms with Crippen LogP contribution in [-0.4, -0.2) is 31.3 Å². The van der Waals surface area contributed by atoms with Crippen molar-refractivity contribution in [3.05, 3.63) is 17.8 Å². The van der Waals surface area contributed by atoms with E-state index in [1.54, 1.807) is 7.11 Å². The van der Waals surface area contributed by atoms with E-state index in [-0.39, 0.29) is 6.10 Å². The third kappa shape index (κ3) is 2.52. The number of nitrogens with zero attached hydrogens (tertiary/aromatic N) is 2. The van der Waals surface area contributed by atoms with Crippen molar-refractivity contribution in [2.24, 2.45) is 5.92 Å². The first kappa shape index (κ1) is 12.2. The van der Waals surface area contributed by atoms with E-state index in [0.29, 0.717) is 5.92 Å². The molecule has 4 heteroatoms. The van der Waals surface area contributed by atoms with E-state index in [1.807, 2.05) is 19.2 Å². The molecule has 2 N–H and O–H groups in total. The zero-order valence-electron chi connectivity index (χ0n) is 10.8. The van der Waals surface area contributed by atoms with Gasteiger partial charge < -0.3 is 15.4 Å². The number of anilines is 2. The number of aromatic nitrogens is 1. The summed E-state index contributed by atoms with van der Waals surface area (Å²) in [7, 11) is 1.78. The number of hydrogen-bond acceptors (Lipinski definition) is 4. The van der Waals surface area contributed by atoms with Gasteiger partial charge in [0.1, 0.15) is 5.82 Å². The molecule has 1 aromatic rings. The minimum Gasteiger partial charge on any atom is -0.398 e. The van der Waals surface area contributed by atoms with Gasteiger partial charge in [-0.2, -0.15) is 0 Å². The maximum Gasteiger partial charge on any atom is 0.130 e. The summed E-state index contributed by atoms with van der Waals surface area (Å²) >= 11 is 0. The fourth-order valence-corrected chi connectivity index (χ4v) is 2.25. The number of methoxy groups -OCH3 is 1. The predicted molar refractivity (Wildman–Crippen MR) is 70.2 cm³/mol. The van der Waals surface area contributed by atoms with Crippen molar-refractivity contribution >= 4 is 11.5 Å². The zero-order chi connectivity index (χ0) is 12.4. The quantitative estimate of drug-likeness (QED) is 0.849. The first-order valence-electron chi connectivity index (χ1n) is 6.11. The topological polar surface area (TPSA) is 51.4 Å². The van der Waals surface area contributed by atoms with Crippen LogP contribution < -0.4 is 10.6 Å². The molecule has 1 fully saturated rings. The molecule has 0 radical (unpaired) electrons. The summed E-state index contributed by atoms with van der Waals surface area (Å²) < 4.78 is 5.51. The Kier molecular flexibility index (Phi) is 3.52. The molecule has 1 aromatic heterocycles. The van der Waals surface area contributed by atoms with Crippen LogP contribution in [-0.2, 0) is 4.74 Å². The summed E-state index contributed by atoms with van der Waals surface area (Å²) in [5, 5.41) is 0. The highest BCUT2D eigenvalue weighted by Gasteiger charge is 2.26. The number of piperidine rings is 1. The van der Waals surface area contributed by atoms with Crippen LogP contribution in [0.4, 0.5) is 11.5 Å². The second-order valence-electron chi connectivity index (χ2n) is 4.89. The van der Waals surface area contributed by atoms with Crippen LogP contribution in [0.2, 0.25) is 0 Å². The monoisotopic (exact) mass is 235 g/mol. The number of rotatable bonds is 2. The van der Waals surface area contributed by atoms with Gasteiger partial charge in [0.05, 0.1) is 6.10 Å². The summed E-state index contributed by atoms with van der Waals surface area (Å²) in [5.74, 6) is 1.57. The predicted octanol–water partition coefficient (Wildman–Crippen LogP) is 1.83. The summed E-state index contributed by atoms with van der Waals surface area (Å²) in [6.07, 6.45) is 3.26.